The first-order valence-corrected chi connectivity index (χ1v) is 8.34. The van der Waals surface area contributed by atoms with E-state index in [4.69, 9.17) is 4.74 Å². The zero-order valence-corrected chi connectivity index (χ0v) is 14.2. The number of rotatable bonds is 4. The maximum atomic E-state index is 12.9. The summed E-state index contributed by atoms with van der Waals surface area (Å²) in [4.78, 5) is 26.6. The van der Waals surface area contributed by atoms with Crippen LogP contribution >= 0.6 is 0 Å². The lowest BCUT2D eigenvalue weighted by molar-refractivity contribution is -0.111. The van der Waals surface area contributed by atoms with Crippen LogP contribution < -0.4 is 5.32 Å². The summed E-state index contributed by atoms with van der Waals surface area (Å²) in [5.74, 6) is -0.828. The van der Waals surface area contributed by atoms with Gasteiger partial charge in [-0.15, -0.1) is 0 Å². The molecule has 134 valence electrons. The highest BCUT2D eigenvalue weighted by atomic mass is 19.1. The number of morpholine rings is 1. The Bertz CT molecular complexity index is 812. The van der Waals surface area contributed by atoms with Crippen molar-refractivity contribution in [2.75, 3.05) is 31.6 Å². The number of halogens is 1. The smallest absolute Gasteiger partial charge is 0.256 e. The summed E-state index contributed by atoms with van der Waals surface area (Å²) < 4.78 is 18.2. The number of hydrogen-bond acceptors (Lipinski definition) is 3. The van der Waals surface area contributed by atoms with Gasteiger partial charge in [0.1, 0.15) is 5.82 Å². The van der Waals surface area contributed by atoms with Crippen LogP contribution in [0.2, 0.25) is 0 Å². The zero-order chi connectivity index (χ0) is 18.4. The van der Waals surface area contributed by atoms with Gasteiger partial charge in [0, 0.05) is 19.2 Å². The van der Waals surface area contributed by atoms with Crippen LogP contribution in [0.3, 0.4) is 0 Å². The maximum absolute atomic E-state index is 12.9. The van der Waals surface area contributed by atoms with E-state index < -0.39 is 0 Å². The van der Waals surface area contributed by atoms with Crippen LogP contribution in [0.5, 0.6) is 0 Å². The topological polar surface area (TPSA) is 58.6 Å². The van der Waals surface area contributed by atoms with Gasteiger partial charge in [0.2, 0.25) is 5.91 Å². The van der Waals surface area contributed by atoms with E-state index in [2.05, 4.69) is 5.32 Å². The van der Waals surface area contributed by atoms with Gasteiger partial charge in [-0.25, -0.2) is 4.39 Å². The average molecular weight is 354 g/mol. The number of carbonyl (C=O) groups is 2. The summed E-state index contributed by atoms with van der Waals surface area (Å²) in [5, 5.41) is 2.73. The van der Waals surface area contributed by atoms with Crippen molar-refractivity contribution in [3.8, 4) is 0 Å². The number of carbonyl (C=O) groups excluding carboxylic acids is 2. The van der Waals surface area contributed by atoms with E-state index in [9.17, 15) is 14.0 Å². The fraction of sp³-hybridized carbons (Fsp3) is 0.200. The molecular weight excluding hydrogens is 335 g/mol. The van der Waals surface area contributed by atoms with Gasteiger partial charge in [-0.3, -0.25) is 9.59 Å². The largest absolute Gasteiger partial charge is 0.378 e. The Balaban J connectivity index is 1.70. The molecule has 0 bridgehead atoms. The third-order valence-corrected chi connectivity index (χ3v) is 4.01. The Labute approximate surface area is 151 Å². The van der Waals surface area contributed by atoms with Gasteiger partial charge in [0.25, 0.3) is 5.91 Å². The van der Waals surface area contributed by atoms with Crippen molar-refractivity contribution in [2.24, 2.45) is 0 Å². The SMILES string of the molecule is O=C(C=Cc1ccc(F)cc1)Nc1ccccc1C(=O)N1CCOCC1. The average Bonchev–Trinajstić information content (AvgIpc) is 2.68. The molecule has 1 aliphatic rings. The minimum absolute atomic E-state index is 0.133. The molecule has 0 atom stereocenters. The van der Waals surface area contributed by atoms with Crippen LogP contribution in [0.25, 0.3) is 6.08 Å². The first-order chi connectivity index (χ1) is 12.6. The molecule has 0 saturated carbocycles. The molecule has 0 radical (unpaired) electrons. The Morgan fingerprint density at radius 3 is 2.46 bits per heavy atom. The quantitative estimate of drug-likeness (QED) is 0.859. The third-order valence-electron chi connectivity index (χ3n) is 4.01. The lowest BCUT2D eigenvalue weighted by Gasteiger charge is -2.27. The van der Waals surface area contributed by atoms with E-state index in [1.807, 2.05) is 0 Å². The Kier molecular flexibility index (Phi) is 5.76. The predicted octanol–water partition coefficient (Wildman–Crippen LogP) is 2.95. The molecule has 2 amide bonds. The summed E-state index contributed by atoms with van der Waals surface area (Å²) in [6, 6.07) is 12.7. The van der Waals surface area contributed by atoms with Gasteiger partial charge in [0.15, 0.2) is 0 Å². The minimum atomic E-state index is -0.364. The van der Waals surface area contributed by atoms with Crippen LogP contribution in [-0.2, 0) is 9.53 Å². The molecule has 0 spiro atoms. The number of ether oxygens (including phenoxy) is 1. The van der Waals surface area contributed by atoms with Crippen LogP contribution in [0.1, 0.15) is 15.9 Å². The second kappa shape index (κ2) is 8.40. The molecule has 1 aliphatic heterocycles. The normalized spacial score (nSPS) is 14.4. The Hall–Kier alpha value is -2.99. The van der Waals surface area contributed by atoms with Crippen molar-refractivity contribution in [1.29, 1.82) is 0 Å². The number of nitrogens with zero attached hydrogens (tertiary/aromatic N) is 1. The summed E-state index contributed by atoms with van der Waals surface area (Å²) in [6.07, 6.45) is 2.93. The summed E-state index contributed by atoms with van der Waals surface area (Å²) in [5.41, 5.74) is 1.61. The summed E-state index contributed by atoms with van der Waals surface area (Å²) >= 11 is 0. The minimum Gasteiger partial charge on any atom is -0.378 e. The first-order valence-electron chi connectivity index (χ1n) is 8.34. The van der Waals surface area contributed by atoms with E-state index in [0.29, 0.717) is 43.1 Å². The fourth-order valence-corrected chi connectivity index (χ4v) is 2.64. The number of hydrogen-bond donors (Lipinski definition) is 1. The molecule has 0 unspecified atom stereocenters. The van der Waals surface area contributed by atoms with Gasteiger partial charge >= 0.3 is 0 Å². The molecule has 0 aliphatic carbocycles. The molecule has 1 fully saturated rings. The fourth-order valence-electron chi connectivity index (χ4n) is 2.64. The van der Waals surface area contributed by atoms with E-state index >= 15 is 0 Å². The lowest BCUT2D eigenvalue weighted by atomic mass is 10.1. The molecule has 1 heterocycles. The number of para-hydroxylation sites is 1. The van der Waals surface area contributed by atoms with Crippen LogP contribution in [0, 0.1) is 5.82 Å². The van der Waals surface area contributed by atoms with E-state index in [-0.39, 0.29) is 17.6 Å². The first kappa shape index (κ1) is 17.8. The zero-order valence-electron chi connectivity index (χ0n) is 14.2. The van der Waals surface area contributed by atoms with Gasteiger partial charge in [-0.05, 0) is 35.9 Å². The monoisotopic (exact) mass is 354 g/mol. The van der Waals surface area contributed by atoms with Crippen molar-refractivity contribution in [3.63, 3.8) is 0 Å². The third kappa shape index (κ3) is 4.55. The highest BCUT2D eigenvalue weighted by Gasteiger charge is 2.21. The molecule has 2 aromatic carbocycles. The molecule has 1 saturated heterocycles. The molecule has 6 heteroatoms. The highest BCUT2D eigenvalue weighted by Crippen LogP contribution is 2.18. The molecule has 2 aromatic rings. The van der Waals surface area contributed by atoms with Crippen LogP contribution in [0.4, 0.5) is 10.1 Å². The molecule has 1 N–H and O–H groups in total. The molecule has 3 rings (SSSR count). The van der Waals surface area contributed by atoms with Crippen molar-refractivity contribution >= 4 is 23.6 Å². The highest BCUT2D eigenvalue weighted by molar-refractivity contribution is 6.07. The second-order valence-corrected chi connectivity index (χ2v) is 5.82. The van der Waals surface area contributed by atoms with Gasteiger partial charge in [-0.1, -0.05) is 24.3 Å². The van der Waals surface area contributed by atoms with E-state index in [1.165, 1.54) is 18.2 Å². The predicted molar refractivity (Wildman–Crippen MR) is 97.2 cm³/mol. The number of amides is 2. The van der Waals surface area contributed by atoms with Crippen LogP contribution in [0.15, 0.2) is 54.6 Å². The van der Waals surface area contributed by atoms with E-state index in [1.54, 1.807) is 47.4 Å². The van der Waals surface area contributed by atoms with Gasteiger partial charge in [-0.2, -0.15) is 0 Å². The van der Waals surface area contributed by atoms with Crippen molar-refractivity contribution in [1.82, 2.24) is 4.90 Å². The second-order valence-electron chi connectivity index (χ2n) is 5.82. The summed E-state index contributed by atoms with van der Waals surface area (Å²) in [6.45, 7) is 2.10. The number of benzene rings is 2. The number of anilines is 1. The van der Waals surface area contributed by atoms with Crippen molar-refractivity contribution in [2.45, 2.75) is 0 Å². The van der Waals surface area contributed by atoms with Gasteiger partial charge in [0.05, 0.1) is 24.5 Å². The molecule has 5 nitrogen and oxygen atoms in total. The maximum Gasteiger partial charge on any atom is 0.256 e. The molecule has 26 heavy (non-hydrogen) atoms. The molecular formula is C20H19FN2O3. The standard InChI is InChI=1S/C20H19FN2O3/c21-16-8-5-15(6-9-16)7-10-19(24)22-18-4-2-1-3-17(18)20(25)23-11-13-26-14-12-23/h1-10H,11-14H2,(H,22,24). The Morgan fingerprint density at radius 1 is 1.04 bits per heavy atom. The number of nitrogens with one attached hydrogen (secondary N) is 1. The van der Waals surface area contributed by atoms with E-state index in [0.717, 1.165) is 0 Å². The van der Waals surface area contributed by atoms with Crippen molar-refractivity contribution in [3.05, 3.63) is 71.6 Å². The Morgan fingerprint density at radius 2 is 1.73 bits per heavy atom. The molecule has 0 aromatic heterocycles. The lowest BCUT2D eigenvalue weighted by Crippen LogP contribution is -2.41. The van der Waals surface area contributed by atoms with Crippen LogP contribution in [-0.4, -0.2) is 43.0 Å². The van der Waals surface area contributed by atoms with Crippen molar-refractivity contribution < 1.29 is 18.7 Å². The van der Waals surface area contributed by atoms with Gasteiger partial charge < -0.3 is 15.0 Å². The summed E-state index contributed by atoms with van der Waals surface area (Å²) in [7, 11) is 0.